The maximum atomic E-state index is 6.20. The van der Waals surface area contributed by atoms with Gasteiger partial charge < -0.3 is 28.1 Å². The predicted molar refractivity (Wildman–Crippen MR) is 111 cm³/mol. The standard InChI is InChI=1S/C20H32B2O6/c1-17(2)18(3,4)26-21(25-17)13-11-16(24-10)14(12-15(13)23-9)22-27-19(5,6)20(7,8)28-22/h11-12H,1-10H3. The van der Waals surface area contributed by atoms with Crippen LogP contribution in [-0.2, 0) is 18.6 Å². The van der Waals surface area contributed by atoms with E-state index in [0.29, 0.717) is 11.5 Å². The molecule has 0 atom stereocenters. The van der Waals surface area contributed by atoms with E-state index < -0.39 is 36.6 Å². The van der Waals surface area contributed by atoms with Crippen molar-refractivity contribution >= 4 is 25.2 Å². The summed E-state index contributed by atoms with van der Waals surface area (Å²) in [5.41, 5.74) is -0.224. The zero-order chi connectivity index (χ0) is 21.1. The third-order valence-electron chi connectivity index (χ3n) is 6.60. The number of methoxy groups -OCH3 is 2. The van der Waals surface area contributed by atoms with Crippen molar-refractivity contribution in [2.45, 2.75) is 77.8 Å². The lowest BCUT2D eigenvalue weighted by atomic mass is 9.72. The van der Waals surface area contributed by atoms with Crippen molar-refractivity contribution in [1.82, 2.24) is 0 Å². The highest BCUT2D eigenvalue weighted by Gasteiger charge is 2.54. The van der Waals surface area contributed by atoms with Crippen molar-refractivity contribution in [3.8, 4) is 11.5 Å². The van der Waals surface area contributed by atoms with Gasteiger partial charge in [-0.05, 0) is 67.5 Å². The summed E-state index contributed by atoms with van der Waals surface area (Å²) in [5, 5.41) is 0. The molecule has 0 N–H and O–H groups in total. The van der Waals surface area contributed by atoms with Crippen molar-refractivity contribution in [2.24, 2.45) is 0 Å². The fourth-order valence-corrected chi connectivity index (χ4v) is 3.25. The largest absolute Gasteiger partial charge is 0.498 e. The number of benzene rings is 1. The lowest BCUT2D eigenvalue weighted by molar-refractivity contribution is 0.00578. The number of hydrogen-bond donors (Lipinski definition) is 0. The summed E-state index contributed by atoms with van der Waals surface area (Å²) in [6.45, 7) is 16.2. The molecule has 28 heavy (non-hydrogen) atoms. The molecule has 2 aliphatic rings. The highest BCUT2D eigenvalue weighted by molar-refractivity contribution is 6.66. The van der Waals surface area contributed by atoms with Crippen molar-refractivity contribution < 1.29 is 28.1 Å². The van der Waals surface area contributed by atoms with Gasteiger partial charge in [-0.1, -0.05) is 0 Å². The van der Waals surface area contributed by atoms with E-state index in [0.717, 1.165) is 10.9 Å². The Hall–Kier alpha value is -1.21. The van der Waals surface area contributed by atoms with Gasteiger partial charge >= 0.3 is 14.2 Å². The Kier molecular flexibility index (Phi) is 5.11. The van der Waals surface area contributed by atoms with E-state index in [9.17, 15) is 0 Å². The molecule has 6 nitrogen and oxygen atoms in total. The highest BCUT2D eigenvalue weighted by atomic mass is 16.7. The summed E-state index contributed by atoms with van der Waals surface area (Å²) in [6, 6.07) is 3.78. The van der Waals surface area contributed by atoms with Crippen molar-refractivity contribution in [2.75, 3.05) is 14.2 Å². The summed E-state index contributed by atoms with van der Waals surface area (Å²) in [6.07, 6.45) is 0. The van der Waals surface area contributed by atoms with E-state index in [1.165, 1.54) is 0 Å². The molecule has 0 spiro atoms. The molecule has 2 aliphatic heterocycles. The third-order valence-corrected chi connectivity index (χ3v) is 6.60. The lowest BCUT2D eigenvalue weighted by Gasteiger charge is -2.32. The second kappa shape index (κ2) is 6.66. The quantitative estimate of drug-likeness (QED) is 0.736. The first-order valence-electron chi connectivity index (χ1n) is 9.72. The normalized spacial score (nSPS) is 24.5. The molecule has 1 aromatic carbocycles. The molecule has 2 heterocycles. The molecule has 0 aliphatic carbocycles. The molecule has 0 unspecified atom stereocenters. The molecule has 0 bridgehead atoms. The Balaban J connectivity index is 2.01. The van der Waals surface area contributed by atoms with Gasteiger partial charge in [-0.25, -0.2) is 0 Å². The molecule has 2 saturated heterocycles. The summed E-state index contributed by atoms with van der Waals surface area (Å²) >= 11 is 0. The zero-order valence-electron chi connectivity index (χ0n) is 18.8. The van der Waals surface area contributed by atoms with Gasteiger partial charge in [0.1, 0.15) is 11.5 Å². The number of ether oxygens (including phenoxy) is 2. The average Bonchev–Trinajstić information content (AvgIpc) is 2.93. The van der Waals surface area contributed by atoms with Crippen molar-refractivity contribution in [3.05, 3.63) is 12.1 Å². The second-order valence-electron chi connectivity index (χ2n) is 9.51. The topological polar surface area (TPSA) is 55.4 Å². The number of rotatable bonds is 4. The zero-order valence-corrected chi connectivity index (χ0v) is 18.8. The smallest absolute Gasteiger partial charge is 0.497 e. The predicted octanol–water partition coefficient (Wildman–Crippen LogP) is 2.30. The molecule has 154 valence electrons. The van der Waals surface area contributed by atoms with Crippen LogP contribution in [0.15, 0.2) is 12.1 Å². The Labute approximate surface area is 169 Å². The fourth-order valence-electron chi connectivity index (χ4n) is 3.25. The van der Waals surface area contributed by atoms with Crippen LogP contribution in [0.5, 0.6) is 11.5 Å². The van der Waals surface area contributed by atoms with Crippen LogP contribution >= 0.6 is 0 Å². The SMILES string of the molecule is COc1cc(B2OC(C)(C)C(C)(C)O2)c(OC)cc1B1OC(C)(C)C(C)(C)O1. The first-order chi connectivity index (χ1) is 12.7. The summed E-state index contributed by atoms with van der Waals surface area (Å²) in [5.74, 6) is 1.29. The minimum Gasteiger partial charge on any atom is -0.497 e. The third kappa shape index (κ3) is 3.34. The molecule has 0 amide bonds. The minimum atomic E-state index is -0.554. The van der Waals surface area contributed by atoms with Crippen LogP contribution < -0.4 is 20.4 Å². The van der Waals surface area contributed by atoms with Crippen LogP contribution in [-0.4, -0.2) is 50.9 Å². The molecule has 0 saturated carbocycles. The van der Waals surface area contributed by atoms with Crippen molar-refractivity contribution in [3.63, 3.8) is 0 Å². The Morgan fingerprint density at radius 2 is 0.821 bits per heavy atom. The Morgan fingerprint density at radius 1 is 0.571 bits per heavy atom. The van der Waals surface area contributed by atoms with Gasteiger partial charge in [-0.15, -0.1) is 0 Å². The summed E-state index contributed by atoms with van der Waals surface area (Å²) in [4.78, 5) is 0. The van der Waals surface area contributed by atoms with Crippen LogP contribution in [0, 0.1) is 0 Å². The van der Waals surface area contributed by atoms with Gasteiger partial charge in [0, 0.05) is 10.9 Å². The molecule has 0 aromatic heterocycles. The van der Waals surface area contributed by atoms with Crippen LogP contribution in [0.3, 0.4) is 0 Å². The van der Waals surface area contributed by atoms with Gasteiger partial charge in [0.05, 0.1) is 36.6 Å². The maximum absolute atomic E-state index is 6.20. The van der Waals surface area contributed by atoms with E-state index in [1.54, 1.807) is 14.2 Å². The first-order valence-corrected chi connectivity index (χ1v) is 9.72. The van der Waals surface area contributed by atoms with Gasteiger partial charge in [-0.3, -0.25) is 0 Å². The number of hydrogen-bond acceptors (Lipinski definition) is 6. The summed E-state index contributed by atoms with van der Waals surface area (Å²) < 4.78 is 36.2. The fraction of sp³-hybridized carbons (Fsp3) is 0.700. The molecule has 1 aromatic rings. The molecule has 0 radical (unpaired) electrons. The van der Waals surface area contributed by atoms with Gasteiger partial charge in [0.2, 0.25) is 0 Å². The Morgan fingerprint density at radius 3 is 1.04 bits per heavy atom. The maximum Gasteiger partial charge on any atom is 0.498 e. The van der Waals surface area contributed by atoms with Crippen LogP contribution in [0.2, 0.25) is 0 Å². The van der Waals surface area contributed by atoms with Crippen LogP contribution in [0.1, 0.15) is 55.4 Å². The molecular formula is C20H32B2O6. The molecular weight excluding hydrogens is 358 g/mol. The average molecular weight is 390 g/mol. The highest BCUT2D eigenvalue weighted by Crippen LogP contribution is 2.39. The Bertz CT molecular complexity index is 664. The monoisotopic (exact) mass is 390 g/mol. The van der Waals surface area contributed by atoms with E-state index in [4.69, 9.17) is 28.1 Å². The summed E-state index contributed by atoms with van der Waals surface area (Å²) in [7, 11) is 2.15. The minimum absolute atomic E-state index is 0.444. The molecule has 2 fully saturated rings. The van der Waals surface area contributed by atoms with E-state index in [-0.39, 0.29) is 0 Å². The molecule has 8 heteroatoms. The van der Waals surface area contributed by atoms with E-state index in [1.807, 2.05) is 67.5 Å². The van der Waals surface area contributed by atoms with Crippen LogP contribution in [0.4, 0.5) is 0 Å². The van der Waals surface area contributed by atoms with Gasteiger partial charge in [-0.2, -0.15) is 0 Å². The molecule has 3 rings (SSSR count). The lowest BCUT2D eigenvalue weighted by Crippen LogP contribution is -2.41. The first kappa shape index (κ1) is 21.5. The van der Waals surface area contributed by atoms with Crippen LogP contribution in [0.25, 0.3) is 0 Å². The van der Waals surface area contributed by atoms with Crippen molar-refractivity contribution in [1.29, 1.82) is 0 Å². The van der Waals surface area contributed by atoms with E-state index in [2.05, 4.69) is 0 Å². The van der Waals surface area contributed by atoms with Gasteiger partial charge in [0.15, 0.2) is 0 Å². The van der Waals surface area contributed by atoms with Gasteiger partial charge in [0.25, 0.3) is 0 Å². The van der Waals surface area contributed by atoms with E-state index >= 15 is 0 Å². The second-order valence-corrected chi connectivity index (χ2v) is 9.51.